The van der Waals surface area contributed by atoms with Crippen molar-refractivity contribution in [1.29, 1.82) is 0 Å². The van der Waals surface area contributed by atoms with Crippen molar-refractivity contribution in [3.63, 3.8) is 0 Å². The molecule has 0 aliphatic heterocycles. The van der Waals surface area contributed by atoms with Gasteiger partial charge in [0.05, 0.1) is 24.1 Å². The molecular formula is C17H16N2O3. The maximum atomic E-state index is 10.1. The molecule has 3 rings (SSSR count). The Labute approximate surface area is 128 Å². The van der Waals surface area contributed by atoms with Crippen molar-refractivity contribution in [2.45, 2.75) is 6.42 Å². The van der Waals surface area contributed by atoms with E-state index in [1.54, 1.807) is 24.5 Å². The van der Waals surface area contributed by atoms with Crippen LogP contribution in [-0.2, 0) is 4.79 Å². The van der Waals surface area contributed by atoms with Crippen LogP contribution in [0.4, 0.5) is 0 Å². The van der Waals surface area contributed by atoms with Gasteiger partial charge in [-0.2, -0.15) is 0 Å². The number of benzene rings is 2. The average Bonchev–Trinajstić information content (AvgIpc) is 2.56. The molecule has 0 spiro atoms. The van der Waals surface area contributed by atoms with Crippen LogP contribution in [-0.4, -0.2) is 27.7 Å². The summed E-state index contributed by atoms with van der Waals surface area (Å²) in [4.78, 5) is 18.3. The van der Waals surface area contributed by atoms with E-state index >= 15 is 0 Å². The second kappa shape index (κ2) is 8.36. The number of carboxylic acids is 1. The smallest absolute Gasteiger partial charge is 0.306 e. The number of para-hydroxylation sites is 3. The number of ether oxygens (including phenoxy) is 1. The number of nitrogens with zero attached hydrogens (tertiary/aromatic N) is 2. The third-order valence-corrected chi connectivity index (χ3v) is 2.70. The molecule has 0 saturated carbocycles. The van der Waals surface area contributed by atoms with Crippen LogP contribution in [0.5, 0.6) is 5.75 Å². The van der Waals surface area contributed by atoms with E-state index < -0.39 is 5.97 Å². The molecular weight excluding hydrogens is 280 g/mol. The molecule has 1 aromatic heterocycles. The standard InChI is InChI=1S/C9H10O3.C8H6N2/c10-9(11)6-7-12-8-4-2-1-3-5-8;1-2-4-8-7(3-1)9-5-6-10-8/h1-5H,6-7H2,(H,10,11);1-6H. The van der Waals surface area contributed by atoms with Gasteiger partial charge in [0.25, 0.3) is 0 Å². The molecule has 0 bridgehead atoms. The van der Waals surface area contributed by atoms with Crippen LogP contribution in [0.3, 0.4) is 0 Å². The van der Waals surface area contributed by atoms with Crippen LogP contribution >= 0.6 is 0 Å². The first kappa shape index (κ1) is 15.4. The lowest BCUT2D eigenvalue weighted by atomic mass is 10.3. The maximum absolute atomic E-state index is 10.1. The number of hydrogen-bond donors (Lipinski definition) is 1. The van der Waals surface area contributed by atoms with Crippen LogP contribution < -0.4 is 4.74 Å². The van der Waals surface area contributed by atoms with Crippen molar-refractivity contribution in [3.8, 4) is 5.75 Å². The van der Waals surface area contributed by atoms with Gasteiger partial charge in [0, 0.05) is 12.4 Å². The summed E-state index contributed by atoms with van der Waals surface area (Å²) in [7, 11) is 0. The zero-order valence-electron chi connectivity index (χ0n) is 11.9. The highest BCUT2D eigenvalue weighted by Crippen LogP contribution is 2.08. The molecule has 0 unspecified atom stereocenters. The van der Waals surface area contributed by atoms with Crippen LogP contribution in [0.15, 0.2) is 67.0 Å². The highest BCUT2D eigenvalue weighted by Gasteiger charge is 1.96. The number of aromatic nitrogens is 2. The molecule has 0 aliphatic rings. The Morgan fingerprint density at radius 2 is 1.45 bits per heavy atom. The van der Waals surface area contributed by atoms with Gasteiger partial charge in [-0.15, -0.1) is 0 Å². The fourth-order valence-corrected chi connectivity index (χ4v) is 1.68. The molecule has 1 N–H and O–H groups in total. The van der Waals surface area contributed by atoms with Crippen LogP contribution in [0.1, 0.15) is 6.42 Å². The van der Waals surface area contributed by atoms with Crippen molar-refractivity contribution < 1.29 is 14.6 Å². The maximum Gasteiger partial charge on any atom is 0.306 e. The first-order valence-electron chi connectivity index (χ1n) is 6.81. The molecule has 0 amide bonds. The number of hydrogen-bond acceptors (Lipinski definition) is 4. The number of aliphatic carboxylic acids is 1. The first-order valence-corrected chi connectivity index (χ1v) is 6.81. The molecule has 0 aliphatic carbocycles. The lowest BCUT2D eigenvalue weighted by Crippen LogP contribution is -2.04. The second-order valence-corrected chi connectivity index (χ2v) is 4.35. The molecule has 0 fully saturated rings. The topological polar surface area (TPSA) is 72.3 Å². The van der Waals surface area contributed by atoms with E-state index in [1.807, 2.05) is 42.5 Å². The summed E-state index contributed by atoms with van der Waals surface area (Å²) in [6, 6.07) is 17.0. The van der Waals surface area contributed by atoms with E-state index in [1.165, 1.54) is 0 Å². The fourth-order valence-electron chi connectivity index (χ4n) is 1.68. The highest BCUT2D eigenvalue weighted by atomic mass is 16.5. The molecule has 22 heavy (non-hydrogen) atoms. The van der Waals surface area contributed by atoms with Crippen molar-refractivity contribution >= 4 is 17.0 Å². The van der Waals surface area contributed by atoms with E-state index in [9.17, 15) is 4.79 Å². The van der Waals surface area contributed by atoms with Gasteiger partial charge in [-0.25, -0.2) is 0 Å². The molecule has 0 atom stereocenters. The third kappa shape index (κ3) is 5.20. The summed E-state index contributed by atoms with van der Waals surface area (Å²) in [5.74, 6) is -0.135. The summed E-state index contributed by atoms with van der Waals surface area (Å²) in [6.07, 6.45) is 3.43. The minimum atomic E-state index is -0.842. The van der Waals surface area contributed by atoms with Crippen molar-refractivity contribution in [2.24, 2.45) is 0 Å². The normalized spacial score (nSPS) is 9.64. The number of carbonyl (C=O) groups is 1. The molecule has 0 saturated heterocycles. The van der Waals surface area contributed by atoms with Crippen LogP contribution in [0, 0.1) is 0 Å². The predicted octanol–water partition coefficient (Wildman–Crippen LogP) is 3.17. The Morgan fingerprint density at radius 3 is 2.00 bits per heavy atom. The summed E-state index contributed by atoms with van der Waals surface area (Å²) in [6.45, 7) is 0.222. The summed E-state index contributed by atoms with van der Waals surface area (Å²) >= 11 is 0. The van der Waals surface area contributed by atoms with E-state index in [-0.39, 0.29) is 13.0 Å². The Balaban J connectivity index is 0.000000162. The molecule has 1 heterocycles. The number of fused-ring (bicyclic) bond motifs is 1. The van der Waals surface area contributed by atoms with Crippen molar-refractivity contribution in [2.75, 3.05) is 6.61 Å². The zero-order chi connectivity index (χ0) is 15.6. The Kier molecular flexibility index (Phi) is 5.87. The lowest BCUT2D eigenvalue weighted by molar-refractivity contribution is -0.137. The van der Waals surface area contributed by atoms with Crippen molar-refractivity contribution in [3.05, 3.63) is 67.0 Å². The Hall–Kier alpha value is -2.95. The zero-order valence-corrected chi connectivity index (χ0v) is 11.9. The molecule has 2 aromatic carbocycles. The fraction of sp³-hybridized carbons (Fsp3) is 0.118. The van der Waals surface area contributed by atoms with E-state index in [4.69, 9.17) is 9.84 Å². The summed E-state index contributed by atoms with van der Waals surface area (Å²) in [5, 5.41) is 8.31. The SMILES string of the molecule is O=C(O)CCOc1ccccc1.c1ccc2nccnc2c1. The van der Waals surface area contributed by atoms with Gasteiger partial charge in [-0.3, -0.25) is 14.8 Å². The minimum Gasteiger partial charge on any atom is -0.493 e. The van der Waals surface area contributed by atoms with E-state index in [0.717, 1.165) is 11.0 Å². The highest BCUT2D eigenvalue weighted by molar-refractivity contribution is 5.73. The van der Waals surface area contributed by atoms with E-state index in [0.29, 0.717) is 5.75 Å². The molecule has 5 nitrogen and oxygen atoms in total. The molecule has 112 valence electrons. The lowest BCUT2D eigenvalue weighted by Gasteiger charge is -2.02. The van der Waals surface area contributed by atoms with Crippen LogP contribution in [0.2, 0.25) is 0 Å². The molecule has 3 aromatic rings. The van der Waals surface area contributed by atoms with Gasteiger partial charge in [-0.1, -0.05) is 30.3 Å². The minimum absolute atomic E-state index is 0.0366. The number of carboxylic acid groups (broad SMARTS) is 1. The number of rotatable bonds is 4. The average molecular weight is 296 g/mol. The first-order chi connectivity index (χ1) is 10.8. The van der Waals surface area contributed by atoms with Gasteiger partial charge in [0.1, 0.15) is 5.75 Å². The van der Waals surface area contributed by atoms with Gasteiger partial charge in [0.2, 0.25) is 0 Å². The third-order valence-electron chi connectivity index (χ3n) is 2.70. The monoisotopic (exact) mass is 296 g/mol. The Morgan fingerprint density at radius 1 is 0.909 bits per heavy atom. The Bertz CT molecular complexity index is 652. The molecule has 5 heteroatoms. The molecule has 0 radical (unpaired) electrons. The summed E-state index contributed by atoms with van der Waals surface area (Å²) in [5.41, 5.74) is 1.90. The van der Waals surface area contributed by atoms with Gasteiger partial charge < -0.3 is 9.84 Å². The van der Waals surface area contributed by atoms with Gasteiger partial charge >= 0.3 is 5.97 Å². The second-order valence-electron chi connectivity index (χ2n) is 4.35. The summed E-state index contributed by atoms with van der Waals surface area (Å²) < 4.78 is 5.14. The quantitative estimate of drug-likeness (QED) is 0.800. The van der Waals surface area contributed by atoms with Gasteiger partial charge in [0.15, 0.2) is 0 Å². The van der Waals surface area contributed by atoms with Gasteiger partial charge in [-0.05, 0) is 24.3 Å². The van der Waals surface area contributed by atoms with Crippen molar-refractivity contribution in [1.82, 2.24) is 9.97 Å². The predicted molar refractivity (Wildman–Crippen MR) is 83.7 cm³/mol. The van der Waals surface area contributed by atoms with E-state index in [2.05, 4.69) is 9.97 Å². The largest absolute Gasteiger partial charge is 0.493 e. The van der Waals surface area contributed by atoms with Crippen LogP contribution in [0.25, 0.3) is 11.0 Å².